The van der Waals surface area contributed by atoms with Crippen LogP contribution in [0.5, 0.6) is 0 Å². The molecule has 0 aromatic heterocycles. The second-order valence-corrected chi connectivity index (χ2v) is 2.42. The van der Waals surface area contributed by atoms with Crippen molar-refractivity contribution in [3.05, 3.63) is 6.92 Å². The predicted octanol–water partition coefficient (Wildman–Crippen LogP) is 2.81. The monoisotopic (exact) mass is 205 g/mol. The fourth-order valence-electron chi connectivity index (χ4n) is 0.640. The van der Waals surface area contributed by atoms with Crippen molar-refractivity contribution in [2.45, 2.75) is 24.9 Å². The van der Waals surface area contributed by atoms with Crippen LogP contribution in [-0.2, 0) is 4.74 Å². The normalized spacial score (nSPS) is 13.4. The van der Waals surface area contributed by atoms with E-state index < -0.39 is 18.5 Å². The Balaban J connectivity index is 3.77. The molecule has 0 amide bonds. The maximum atomic E-state index is 12.2. The van der Waals surface area contributed by atoms with Crippen LogP contribution in [0.4, 0.5) is 22.0 Å². The van der Waals surface area contributed by atoms with Crippen LogP contribution in [0.15, 0.2) is 0 Å². The molecule has 0 saturated heterocycles. The molecule has 0 atom stereocenters. The van der Waals surface area contributed by atoms with Gasteiger partial charge in [0.2, 0.25) is 0 Å². The van der Waals surface area contributed by atoms with E-state index in [0.717, 1.165) is 0 Å². The SMILES string of the molecule is [CH2]COCCCC(F)(F)C(F)(F)F. The highest BCUT2D eigenvalue weighted by Gasteiger charge is 2.56. The molecule has 13 heavy (non-hydrogen) atoms. The van der Waals surface area contributed by atoms with E-state index in [1.807, 2.05) is 0 Å². The maximum absolute atomic E-state index is 12.2. The molecule has 0 bridgehead atoms. The standard InChI is InChI=1S/C7H10F5O/c1-2-13-5-3-4-6(8,9)7(10,11)12/h1-5H2. The first kappa shape index (κ1) is 12.6. The minimum Gasteiger partial charge on any atom is -0.381 e. The van der Waals surface area contributed by atoms with E-state index in [-0.39, 0.29) is 19.6 Å². The molecule has 0 unspecified atom stereocenters. The summed E-state index contributed by atoms with van der Waals surface area (Å²) in [4.78, 5) is 0. The Morgan fingerprint density at radius 3 is 2.00 bits per heavy atom. The Morgan fingerprint density at radius 1 is 1.08 bits per heavy atom. The third kappa shape index (κ3) is 4.40. The van der Waals surface area contributed by atoms with Crippen LogP contribution < -0.4 is 0 Å². The quantitative estimate of drug-likeness (QED) is 0.495. The lowest BCUT2D eigenvalue weighted by Crippen LogP contribution is -2.36. The van der Waals surface area contributed by atoms with Gasteiger partial charge in [0.25, 0.3) is 0 Å². The van der Waals surface area contributed by atoms with Gasteiger partial charge < -0.3 is 4.74 Å². The van der Waals surface area contributed by atoms with Crippen LogP contribution >= 0.6 is 0 Å². The highest BCUT2D eigenvalue weighted by molar-refractivity contribution is 4.75. The lowest BCUT2D eigenvalue weighted by Gasteiger charge is -2.18. The summed E-state index contributed by atoms with van der Waals surface area (Å²) in [6.45, 7) is 3.17. The third-order valence-electron chi connectivity index (χ3n) is 1.34. The van der Waals surface area contributed by atoms with Gasteiger partial charge in [0.15, 0.2) is 0 Å². The molecule has 6 heteroatoms. The molecule has 0 aromatic carbocycles. The Hall–Kier alpha value is -0.390. The van der Waals surface area contributed by atoms with E-state index in [1.165, 1.54) is 0 Å². The largest absolute Gasteiger partial charge is 0.453 e. The molecule has 0 saturated carbocycles. The van der Waals surface area contributed by atoms with E-state index in [2.05, 4.69) is 11.7 Å². The Bertz CT molecular complexity index is 142. The van der Waals surface area contributed by atoms with Crippen molar-refractivity contribution < 1.29 is 26.7 Å². The number of hydrogen-bond donors (Lipinski definition) is 0. The molecule has 0 fully saturated rings. The second-order valence-electron chi connectivity index (χ2n) is 2.42. The zero-order valence-corrected chi connectivity index (χ0v) is 6.83. The fraction of sp³-hybridized carbons (Fsp3) is 0.857. The molecule has 0 aromatic rings. The first-order chi connectivity index (χ1) is 5.81. The lowest BCUT2D eigenvalue weighted by molar-refractivity contribution is -0.285. The van der Waals surface area contributed by atoms with Gasteiger partial charge in [-0.25, -0.2) is 0 Å². The van der Waals surface area contributed by atoms with E-state index in [1.54, 1.807) is 0 Å². The van der Waals surface area contributed by atoms with Crippen LogP contribution in [0.3, 0.4) is 0 Å². The van der Waals surface area contributed by atoms with Crippen molar-refractivity contribution >= 4 is 0 Å². The van der Waals surface area contributed by atoms with Gasteiger partial charge in [-0.3, -0.25) is 0 Å². The molecule has 0 aliphatic heterocycles. The zero-order chi connectivity index (χ0) is 10.5. The molecular formula is C7H10F5O. The molecule has 0 aliphatic rings. The topological polar surface area (TPSA) is 9.23 Å². The van der Waals surface area contributed by atoms with Gasteiger partial charge in [0.05, 0.1) is 0 Å². The number of alkyl halides is 5. The molecule has 1 nitrogen and oxygen atoms in total. The minimum atomic E-state index is -5.46. The van der Waals surface area contributed by atoms with E-state index in [9.17, 15) is 22.0 Å². The third-order valence-corrected chi connectivity index (χ3v) is 1.34. The van der Waals surface area contributed by atoms with E-state index >= 15 is 0 Å². The minimum absolute atomic E-state index is 0.0671. The van der Waals surface area contributed by atoms with Crippen molar-refractivity contribution in [2.24, 2.45) is 0 Å². The van der Waals surface area contributed by atoms with Gasteiger partial charge in [-0.2, -0.15) is 22.0 Å². The van der Waals surface area contributed by atoms with Gasteiger partial charge >= 0.3 is 12.1 Å². The molecule has 0 aliphatic carbocycles. The number of halogens is 5. The summed E-state index contributed by atoms with van der Waals surface area (Å²) in [5.41, 5.74) is 0. The molecular weight excluding hydrogens is 195 g/mol. The van der Waals surface area contributed by atoms with Crippen molar-refractivity contribution in [1.29, 1.82) is 0 Å². The predicted molar refractivity (Wildman–Crippen MR) is 36.4 cm³/mol. The average Bonchev–Trinajstić information content (AvgIpc) is 1.96. The first-order valence-corrected chi connectivity index (χ1v) is 3.63. The molecule has 0 spiro atoms. The molecule has 79 valence electrons. The molecule has 0 N–H and O–H groups in total. The lowest BCUT2D eigenvalue weighted by atomic mass is 10.2. The average molecular weight is 205 g/mol. The van der Waals surface area contributed by atoms with Gasteiger partial charge in [-0.15, -0.1) is 0 Å². The highest BCUT2D eigenvalue weighted by atomic mass is 19.4. The van der Waals surface area contributed by atoms with Gasteiger partial charge in [-0.05, 0) is 13.3 Å². The van der Waals surface area contributed by atoms with Crippen molar-refractivity contribution in [3.8, 4) is 0 Å². The molecule has 0 heterocycles. The maximum Gasteiger partial charge on any atom is 0.453 e. The van der Waals surface area contributed by atoms with Crippen molar-refractivity contribution in [2.75, 3.05) is 13.2 Å². The van der Waals surface area contributed by atoms with E-state index in [4.69, 9.17) is 0 Å². The van der Waals surface area contributed by atoms with Crippen molar-refractivity contribution in [1.82, 2.24) is 0 Å². The summed E-state index contributed by atoms with van der Waals surface area (Å²) in [6.07, 6.45) is -7.03. The summed E-state index contributed by atoms with van der Waals surface area (Å²) in [6, 6.07) is 0. The Labute approximate surface area is 72.9 Å². The van der Waals surface area contributed by atoms with E-state index in [0.29, 0.717) is 0 Å². The smallest absolute Gasteiger partial charge is 0.381 e. The molecule has 0 rings (SSSR count). The summed E-state index contributed by atoms with van der Waals surface area (Å²) in [5.74, 6) is -4.61. The van der Waals surface area contributed by atoms with Crippen LogP contribution in [0.1, 0.15) is 12.8 Å². The van der Waals surface area contributed by atoms with Crippen LogP contribution in [0, 0.1) is 6.92 Å². The zero-order valence-electron chi connectivity index (χ0n) is 6.83. The van der Waals surface area contributed by atoms with Crippen LogP contribution in [-0.4, -0.2) is 25.3 Å². The van der Waals surface area contributed by atoms with Crippen LogP contribution in [0.2, 0.25) is 0 Å². The number of ether oxygens (including phenoxy) is 1. The Morgan fingerprint density at radius 2 is 1.62 bits per heavy atom. The second kappa shape index (κ2) is 4.74. The number of hydrogen-bond acceptors (Lipinski definition) is 1. The molecule has 1 radical (unpaired) electrons. The summed E-state index contributed by atoms with van der Waals surface area (Å²) in [5, 5.41) is 0. The van der Waals surface area contributed by atoms with Gasteiger partial charge in [0, 0.05) is 19.6 Å². The van der Waals surface area contributed by atoms with Gasteiger partial charge in [0.1, 0.15) is 0 Å². The highest BCUT2D eigenvalue weighted by Crippen LogP contribution is 2.38. The number of rotatable bonds is 5. The Kier molecular flexibility index (Phi) is 4.60. The van der Waals surface area contributed by atoms with Crippen LogP contribution in [0.25, 0.3) is 0 Å². The first-order valence-electron chi connectivity index (χ1n) is 3.63. The summed E-state index contributed by atoms with van der Waals surface area (Å²) in [7, 11) is 0. The fourth-order valence-corrected chi connectivity index (χ4v) is 0.640. The summed E-state index contributed by atoms with van der Waals surface area (Å²) >= 11 is 0. The van der Waals surface area contributed by atoms with Gasteiger partial charge in [-0.1, -0.05) is 0 Å². The summed E-state index contributed by atoms with van der Waals surface area (Å²) < 4.78 is 63.5. The van der Waals surface area contributed by atoms with Crippen molar-refractivity contribution in [3.63, 3.8) is 0 Å².